The number of rotatable bonds is 4. The molecule has 0 saturated heterocycles. The molecule has 0 aliphatic heterocycles. The molecule has 1 amide bonds. The van der Waals surface area contributed by atoms with Gasteiger partial charge in [0.05, 0.1) is 12.8 Å². The molecule has 0 radical (unpaired) electrons. The first-order valence-electron chi connectivity index (χ1n) is 7.06. The van der Waals surface area contributed by atoms with E-state index in [1.54, 1.807) is 24.4 Å². The minimum absolute atomic E-state index is 0.271. The highest BCUT2D eigenvalue weighted by atomic mass is 35.5. The van der Waals surface area contributed by atoms with Crippen molar-refractivity contribution < 1.29 is 14.3 Å². The molecule has 0 aliphatic carbocycles. The van der Waals surface area contributed by atoms with E-state index in [1.807, 2.05) is 12.1 Å². The van der Waals surface area contributed by atoms with Crippen molar-refractivity contribution in [3.05, 3.63) is 50.9 Å². The zero-order valence-corrected chi connectivity index (χ0v) is 15.6. The average molecular weight is 394 g/mol. The third kappa shape index (κ3) is 3.87. The molecule has 0 saturated carbocycles. The molecule has 25 heavy (non-hydrogen) atoms. The van der Waals surface area contributed by atoms with Crippen molar-refractivity contribution in [2.45, 2.75) is 6.92 Å². The molecule has 0 unspecified atom stereocenters. The van der Waals surface area contributed by atoms with Crippen LogP contribution in [-0.2, 0) is 4.74 Å². The van der Waals surface area contributed by atoms with Gasteiger partial charge in [-0.3, -0.25) is 10.1 Å². The summed E-state index contributed by atoms with van der Waals surface area (Å²) in [5, 5.41) is 5.93. The van der Waals surface area contributed by atoms with E-state index < -0.39 is 11.9 Å². The van der Waals surface area contributed by atoms with Crippen LogP contribution in [0.2, 0.25) is 5.02 Å². The SMILES string of the molecule is COC(=O)c1sc(NC(=O)c2csc(-c3cccc(Cl)c3)n2)nc1C. The number of methoxy groups -OCH3 is 1. The lowest BCUT2D eigenvalue weighted by atomic mass is 10.2. The Bertz CT molecular complexity index is 952. The number of thiazole rings is 2. The number of aromatic nitrogens is 2. The topological polar surface area (TPSA) is 81.2 Å². The highest BCUT2D eigenvalue weighted by molar-refractivity contribution is 7.17. The molecule has 0 atom stereocenters. The van der Waals surface area contributed by atoms with Gasteiger partial charge in [-0.2, -0.15) is 0 Å². The second-order valence-corrected chi connectivity index (χ2v) is 7.22. The summed E-state index contributed by atoms with van der Waals surface area (Å²) in [6, 6.07) is 7.26. The summed E-state index contributed by atoms with van der Waals surface area (Å²) in [6.07, 6.45) is 0. The number of carbonyl (C=O) groups excluding carboxylic acids is 2. The number of halogens is 1. The van der Waals surface area contributed by atoms with Crippen LogP contribution in [0.1, 0.15) is 25.9 Å². The molecule has 3 rings (SSSR count). The zero-order valence-electron chi connectivity index (χ0n) is 13.2. The third-order valence-corrected chi connectivity index (χ3v) is 5.38. The Balaban J connectivity index is 1.77. The number of hydrogen-bond acceptors (Lipinski definition) is 7. The summed E-state index contributed by atoms with van der Waals surface area (Å²) in [7, 11) is 1.30. The predicted octanol–water partition coefficient (Wildman–Crippen LogP) is 4.27. The van der Waals surface area contributed by atoms with Crippen LogP contribution in [-0.4, -0.2) is 29.0 Å². The van der Waals surface area contributed by atoms with Crippen LogP contribution in [0.4, 0.5) is 5.13 Å². The zero-order chi connectivity index (χ0) is 18.0. The van der Waals surface area contributed by atoms with Crippen molar-refractivity contribution in [2.24, 2.45) is 0 Å². The largest absolute Gasteiger partial charge is 0.465 e. The van der Waals surface area contributed by atoms with Crippen LogP contribution in [0.3, 0.4) is 0 Å². The Morgan fingerprint density at radius 1 is 1.28 bits per heavy atom. The molecule has 128 valence electrons. The molecular weight excluding hydrogens is 382 g/mol. The van der Waals surface area contributed by atoms with E-state index in [0.29, 0.717) is 25.7 Å². The fraction of sp³-hybridized carbons (Fsp3) is 0.125. The van der Waals surface area contributed by atoms with Crippen molar-refractivity contribution in [2.75, 3.05) is 12.4 Å². The summed E-state index contributed by atoms with van der Waals surface area (Å²) in [5.74, 6) is -0.873. The molecule has 0 aliphatic rings. The first kappa shape index (κ1) is 17.5. The van der Waals surface area contributed by atoms with Gasteiger partial charge in [-0.05, 0) is 19.1 Å². The molecule has 2 aromatic heterocycles. The molecule has 6 nitrogen and oxygen atoms in total. The third-order valence-electron chi connectivity index (χ3n) is 3.20. The molecule has 9 heteroatoms. The summed E-state index contributed by atoms with van der Waals surface area (Å²) in [5.41, 5.74) is 1.62. The van der Waals surface area contributed by atoms with E-state index in [0.717, 1.165) is 16.9 Å². The number of nitrogens with one attached hydrogen (secondary N) is 1. The van der Waals surface area contributed by atoms with Crippen molar-refractivity contribution in [1.82, 2.24) is 9.97 Å². The van der Waals surface area contributed by atoms with Crippen LogP contribution in [0.15, 0.2) is 29.6 Å². The van der Waals surface area contributed by atoms with Crippen LogP contribution >= 0.6 is 34.3 Å². The van der Waals surface area contributed by atoms with Crippen LogP contribution in [0.5, 0.6) is 0 Å². The monoisotopic (exact) mass is 393 g/mol. The molecule has 1 aromatic carbocycles. The quantitative estimate of drug-likeness (QED) is 0.669. The Morgan fingerprint density at radius 2 is 2.08 bits per heavy atom. The molecule has 3 aromatic rings. The van der Waals surface area contributed by atoms with Crippen molar-refractivity contribution in [3.8, 4) is 10.6 Å². The number of benzene rings is 1. The van der Waals surface area contributed by atoms with Crippen molar-refractivity contribution in [3.63, 3.8) is 0 Å². The Kier molecular flexibility index (Phi) is 5.12. The van der Waals surface area contributed by atoms with Crippen molar-refractivity contribution in [1.29, 1.82) is 0 Å². The maximum atomic E-state index is 12.3. The number of aryl methyl sites for hydroxylation is 1. The van der Waals surface area contributed by atoms with Crippen LogP contribution in [0, 0.1) is 6.92 Å². The lowest BCUT2D eigenvalue weighted by Crippen LogP contribution is -2.12. The van der Waals surface area contributed by atoms with Gasteiger partial charge in [-0.15, -0.1) is 11.3 Å². The lowest BCUT2D eigenvalue weighted by Gasteiger charge is -1.98. The summed E-state index contributed by atoms with van der Waals surface area (Å²) >= 11 is 8.39. The second kappa shape index (κ2) is 7.30. The summed E-state index contributed by atoms with van der Waals surface area (Å²) in [4.78, 5) is 32.8. The van der Waals surface area contributed by atoms with E-state index >= 15 is 0 Å². The van der Waals surface area contributed by atoms with Crippen molar-refractivity contribution >= 4 is 51.3 Å². The van der Waals surface area contributed by atoms with Gasteiger partial charge < -0.3 is 4.74 Å². The molecular formula is C16H12ClN3O3S2. The fourth-order valence-corrected chi connectivity index (χ4v) is 3.89. The van der Waals surface area contributed by atoms with Gasteiger partial charge >= 0.3 is 5.97 Å². The van der Waals surface area contributed by atoms with Gasteiger partial charge in [0.15, 0.2) is 5.13 Å². The highest BCUT2D eigenvalue weighted by Gasteiger charge is 2.18. The normalized spacial score (nSPS) is 10.5. The Labute approximate surface area is 156 Å². The number of carbonyl (C=O) groups is 2. The minimum Gasteiger partial charge on any atom is -0.465 e. The summed E-state index contributed by atoms with van der Waals surface area (Å²) in [6.45, 7) is 1.68. The number of ether oxygens (including phenoxy) is 1. The average Bonchev–Trinajstić information content (AvgIpc) is 3.21. The van der Waals surface area contributed by atoms with Gasteiger partial charge in [-0.1, -0.05) is 35.1 Å². The highest BCUT2D eigenvalue weighted by Crippen LogP contribution is 2.27. The minimum atomic E-state index is -0.479. The molecule has 1 N–H and O–H groups in total. The Morgan fingerprint density at radius 3 is 2.80 bits per heavy atom. The standard InChI is InChI=1S/C16H12ClN3O3S2/c1-8-12(15(22)23-2)25-16(18-8)20-13(21)11-7-24-14(19-11)9-4-3-5-10(17)6-9/h3-7H,1-2H3,(H,18,20,21). The smallest absolute Gasteiger partial charge is 0.350 e. The van der Waals surface area contributed by atoms with Gasteiger partial charge in [-0.25, -0.2) is 14.8 Å². The lowest BCUT2D eigenvalue weighted by molar-refractivity contribution is 0.0605. The number of nitrogens with zero attached hydrogens (tertiary/aromatic N) is 2. The fourth-order valence-electron chi connectivity index (χ4n) is 2.03. The van der Waals surface area contributed by atoms with Gasteiger partial charge in [0.1, 0.15) is 15.6 Å². The van der Waals surface area contributed by atoms with Gasteiger partial charge in [0, 0.05) is 16.0 Å². The van der Waals surface area contributed by atoms with Gasteiger partial charge in [0.2, 0.25) is 0 Å². The first-order valence-corrected chi connectivity index (χ1v) is 9.14. The second-order valence-electron chi connectivity index (χ2n) is 4.93. The van der Waals surface area contributed by atoms with E-state index in [1.165, 1.54) is 18.4 Å². The number of amides is 1. The number of esters is 1. The van der Waals surface area contributed by atoms with Gasteiger partial charge in [0.25, 0.3) is 5.91 Å². The predicted molar refractivity (Wildman–Crippen MR) is 98.7 cm³/mol. The van der Waals surface area contributed by atoms with Crippen LogP contribution in [0.25, 0.3) is 10.6 Å². The maximum Gasteiger partial charge on any atom is 0.350 e. The van der Waals surface area contributed by atoms with E-state index in [2.05, 4.69) is 20.0 Å². The van der Waals surface area contributed by atoms with Crippen LogP contribution < -0.4 is 5.32 Å². The first-order chi connectivity index (χ1) is 12.0. The van der Waals surface area contributed by atoms with E-state index in [9.17, 15) is 9.59 Å². The molecule has 2 heterocycles. The molecule has 0 spiro atoms. The summed E-state index contributed by atoms with van der Waals surface area (Å²) < 4.78 is 4.68. The number of anilines is 1. The van der Waals surface area contributed by atoms with E-state index in [-0.39, 0.29) is 5.69 Å². The maximum absolute atomic E-state index is 12.3. The molecule has 0 fully saturated rings. The number of hydrogen-bond donors (Lipinski definition) is 1. The Hall–Kier alpha value is -2.29. The molecule has 0 bridgehead atoms. The van der Waals surface area contributed by atoms with E-state index in [4.69, 9.17) is 11.6 Å².